The highest BCUT2D eigenvalue weighted by atomic mass is 79.9. The van der Waals surface area contributed by atoms with Gasteiger partial charge in [-0.25, -0.2) is 0 Å². The van der Waals surface area contributed by atoms with Crippen LogP contribution < -0.4 is 0 Å². The van der Waals surface area contributed by atoms with Gasteiger partial charge in [0.05, 0.1) is 16.6 Å². The van der Waals surface area contributed by atoms with Crippen LogP contribution in [0.1, 0.15) is 15.9 Å². The normalized spacial score (nSPS) is 12.1. The summed E-state index contributed by atoms with van der Waals surface area (Å²) in [5, 5.41) is 0. The van der Waals surface area contributed by atoms with Gasteiger partial charge in [0.2, 0.25) is 0 Å². The van der Waals surface area contributed by atoms with E-state index in [1.807, 2.05) is 37.3 Å². The van der Waals surface area contributed by atoms with E-state index in [9.17, 15) is 9.00 Å². The maximum atomic E-state index is 12.1. The van der Waals surface area contributed by atoms with Crippen LogP contribution in [0.2, 0.25) is 0 Å². The molecule has 0 amide bonds. The Kier molecular flexibility index (Phi) is 4.66. The molecule has 4 heteroatoms. The van der Waals surface area contributed by atoms with Gasteiger partial charge in [-0.2, -0.15) is 0 Å². The lowest BCUT2D eigenvalue weighted by Gasteiger charge is -2.05. The summed E-state index contributed by atoms with van der Waals surface area (Å²) in [4.78, 5) is 12.8. The molecule has 2 aromatic rings. The quantitative estimate of drug-likeness (QED) is 0.797. The van der Waals surface area contributed by atoms with Crippen molar-refractivity contribution in [2.75, 3.05) is 5.75 Å². The Morgan fingerprint density at radius 2 is 1.74 bits per heavy atom. The van der Waals surface area contributed by atoms with Crippen LogP contribution >= 0.6 is 15.9 Å². The zero-order valence-electron chi connectivity index (χ0n) is 10.4. The van der Waals surface area contributed by atoms with Crippen molar-refractivity contribution in [2.45, 2.75) is 11.8 Å². The molecule has 1 atom stereocenters. The molecule has 0 heterocycles. The van der Waals surface area contributed by atoms with Crippen LogP contribution in [0.3, 0.4) is 0 Å². The number of hydrogen-bond acceptors (Lipinski definition) is 2. The Bertz CT molecular complexity index is 620. The average molecular weight is 337 g/mol. The van der Waals surface area contributed by atoms with Crippen LogP contribution in [0.4, 0.5) is 0 Å². The zero-order chi connectivity index (χ0) is 13.8. The lowest BCUT2D eigenvalue weighted by atomic mass is 10.1. The smallest absolute Gasteiger partial charge is 0.175 e. The number of aryl methyl sites for hydroxylation is 1. The summed E-state index contributed by atoms with van der Waals surface area (Å²) >= 11 is 3.33. The Balaban J connectivity index is 2.13. The van der Waals surface area contributed by atoms with Gasteiger partial charge in [-0.05, 0) is 36.8 Å². The van der Waals surface area contributed by atoms with Crippen LogP contribution in [0, 0.1) is 6.92 Å². The lowest BCUT2D eigenvalue weighted by molar-refractivity contribution is 0.102. The van der Waals surface area contributed by atoms with E-state index in [0.717, 1.165) is 10.0 Å². The molecule has 98 valence electrons. The molecular formula is C15H13BrO2S. The summed E-state index contributed by atoms with van der Waals surface area (Å²) in [6.45, 7) is 1.88. The molecular weight excluding hydrogens is 324 g/mol. The zero-order valence-corrected chi connectivity index (χ0v) is 12.8. The molecule has 0 aliphatic rings. The largest absolute Gasteiger partial charge is 0.293 e. The molecule has 0 saturated heterocycles. The molecule has 0 aromatic heterocycles. The number of Topliss-reactive ketones (excluding diaryl/α,β-unsaturated/α-hetero) is 1. The van der Waals surface area contributed by atoms with Crippen LogP contribution in [0.5, 0.6) is 0 Å². The molecule has 0 spiro atoms. The molecule has 0 saturated carbocycles. The van der Waals surface area contributed by atoms with E-state index < -0.39 is 10.8 Å². The molecule has 2 rings (SSSR count). The van der Waals surface area contributed by atoms with Crippen LogP contribution in [0.15, 0.2) is 57.9 Å². The van der Waals surface area contributed by atoms with E-state index in [0.29, 0.717) is 10.5 Å². The van der Waals surface area contributed by atoms with Gasteiger partial charge in [-0.15, -0.1) is 0 Å². The second-order valence-corrected chi connectivity index (χ2v) is 6.55. The summed E-state index contributed by atoms with van der Waals surface area (Å²) in [5.74, 6) is -0.0636. The van der Waals surface area contributed by atoms with Gasteiger partial charge in [0.15, 0.2) is 5.78 Å². The first-order valence-electron chi connectivity index (χ1n) is 5.80. The maximum absolute atomic E-state index is 12.1. The molecule has 19 heavy (non-hydrogen) atoms. The second-order valence-electron chi connectivity index (χ2n) is 4.18. The number of carbonyl (C=O) groups is 1. The summed E-state index contributed by atoms with van der Waals surface area (Å²) < 4.78 is 13.1. The molecule has 0 aliphatic heterocycles. The number of ketones is 1. The van der Waals surface area contributed by atoms with E-state index in [4.69, 9.17) is 0 Å². The molecule has 1 unspecified atom stereocenters. The van der Waals surface area contributed by atoms with Gasteiger partial charge < -0.3 is 0 Å². The fraction of sp³-hybridized carbons (Fsp3) is 0.133. The fourth-order valence-electron chi connectivity index (χ4n) is 1.75. The minimum absolute atomic E-state index is 0.0203. The Morgan fingerprint density at radius 1 is 1.11 bits per heavy atom. The molecule has 0 aliphatic carbocycles. The van der Waals surface area contributed by atoms with Gasteiger partial charge in [0, 0.05) is 14.9 Å². The number of rotatable bonds is 4. The van der Waals surface area contributed by atoms with Crippen molar-refractivity contribution in [2.24, 2.45) is 0 Å². The van der Waals surface area contributed by atoms with Crippen molar-refractivity contribution in [3.05, 3.63) is 64.1 Å². The summed E-state index contributed by atoms with van der Waals surface area (Å²) in [7, 11) is -1.30. The third kappa shape index (κ3) is 3.61. The van der Waals surface area contributed by atoms with Gasteiger partial charge in [-0.3, -0.25) is 9.00 Å². The molecule has 0 radical (unpaired) electrons. The standard InChI is InChI=1S/C15H13BrO2S/c1-11-4-2-3-5-14(11)15(17)10-19(18)13-8-6-12(16)7-9-13/h2-9H,10H2,1H3. The average Bonchev–Trinajstić information content (AvgIpc) is 2.39. The monoisotopic (exact) mass is 336 g/mol. The van der Waals surface area contributed by atoms with E-state index in [1.54, 1.807) is 18.2 Å². The molecule has 0 fully saturated rings. The second kappa shape index (κ2) is 6.26. The van der Waals surface area contributed by atoms with Gasteiger partial charge in [0.25, 0.3) is 0 Å². The molecule has 0 N–H and O–H groups in total. The van der Waals surface area contributed by atoms with Gasteiger partial charge in [0.1, 0.15) is 0 Å². The molecule has 0 bridgehead atoms. The number of carbonyl (C=O) groups excluding carboxylic acids is 1. The van der Waals surface area contributed by atoms with Gasteiger partial charge in [-0.1, -0.05) is 40.2 Å². The summed E-state index contributed by atoms with van der Waals surface area (Å²) in [5.41, 5.74) is 1.56. The van der Waals surface area contributed by atoms with Crippen molar-refractivity contribution in [3.63, 3.8) is 0 Å². The fourth-order valence-corrected chi connectivity index (χ4v) is 3.02. The minimum atomic E-state index is -1.30. The van der Waals surface area contributed by atoms with Crippen LogP contribution in [-0.4, -0.2) is 15.7 Å². The topological polar surface area (TPSA) is 34.1 Å². The van der Waals surface area contributed by atoms with E-state index in [1.165, 1.54) is 0 Å². The van der Waals surface area contributed by atoms with Crippen molar-refractivity contribution in [1.82, 2.24) is 0 Å². The predicted octanol–water partition coefficient (Wildman–Crippen LogP) is 3.75. The van der Waals surface area contributed by atoms with Crippen LogP contribution in [-0.2, 0) is 10.8 Å². The maximum Gasteiger partial charge on any atom is 0.175 e. The highest BCUT2D eigenvalue weighted by Crippen LogP contribution is 2.15. The van der Waals surface area contributed by atoms with Crippen molar-refractivity contribution in [1.29, 1.82) is 0 Å². The van der Waals surface area contributed by atoms with E-state index in [-0.39, 0.29) is 11.5 Å². The Labute approximate surface area is 123 Å². The van der Waals surface area contributed by atoms with E-state index >= 15 is 0 Å². The Hall–Kier alpha value is -1.26. The van der Waals surface area contributed by atoms with Crippen molar-refractivity contribution < 1.29 is 9.00 Å². The molecule has 2 aromatic carbocycles. The number of benzene rings is 2. The SMILES string of the molecule is Cc1ccccc1C(=O)CS(=O)c1ccc(Br)cc1. The number of hydrogen-bond donors (Lipinski definition) is 0. The first-order valence-corrected chi connectivity index (χ1v) is 7.92. The lowest BCUT2D eigenvalue weighted by Crippen LogP contribution is -2.12. The third-order valence-electron chi connectivity index (χ3n) is 2.78. The van der Waals surface area contributed by atoms with E-state index in [2.05, 4.69) is 15.9 Å². The first-order chi connectivity index (χ1) is 9.08. The summed E-state index contributed by atoms with van der Waals surface area (Å²) in [6, 6.07) is 14.6. The highest BCUT2D eigenvalue weighted by Gasteiger charge is 2.13. The minimum Gasteiger partial charge on any atom is -0.293 e. The predicted molar refractivity (Wildman–Crippen MR) is 80.9 cm³/mol. The first kappa shape index (κ1) is 14.2. The van der Waals surface area contributed by atoms with Crippen molar-refractivity contribution >= 4 is 32.5 Å². The Morgan fingerprint density at radius 3 is 2.37 bits per heavy atom. The van der Waals surface area contributed by atoms with Crippen LogP contribution in [0.25, 0.3) is 0 Å². The summed E-state index contributed by atoms with van der Waals surface area (Å²) in [6.07, 6.45) is 0. The van der Waals surface area contributed by atoms with Crippen molar-refractivity contribution in [3.8, 4) is 0 Å². The number of halogens is 1. The third-order valence-corrected chi connectivity index (χ3v) is 4.64. The van der Waals surface area contributed by atoms with Gasteiger partial charge >= 0.3 is 0 Å². The molecule has 2 nitrogen and oxygen atoms in total. The highest BCUT2D eigenvalue weighted by molar-refractivity contribution is 9.10.